The molecule has 0 aliphatic heterocycles. The molecule has 0 radical (unpaired) electrons. The highest BCUT2D eigenvalue weighted by molar-refractivity contribution is 7.92. The first-order chi connectivity index (χ1) is 16.9. The average molecular weight is 547 g/mol. The van der Waals surface area contributed by atoms with Gasteiger partial charge in [-0.2, -0.15) is 13.2 Å². The van der Waals surface area contributed by atoms with Crippen LogP contribution < -0.4 is 19.1 Å². The SMILES string of the molecule is COc1ccc(S(=O)(=O)N(CC(=O)Nc2ccc(C(F)(F)F)cc2)c2ccc(F)c(Cl)c2)cc1OC. The molecule has 0 spiro atoms. The second-order valence-electron chi connectivity index (χ2n) is 7.25. The fraction of sp³-hybridized carbons (Fsp3) is 0.174. The highest BCUT2D eigenvalue weighted by atomic mass is 35.5. The van der Waals surface area contributed by atoms with E-state index in [1.807, 2.05) is 0 Å². The molecule has 0 saturated carbocycles. The number of alkyl halides is 3. The van der Waals surface area contributed by atoms with E-state index in [0.717, 1.165) is 42.5 Å². The van der Waals surface area contributed by atoms with E-state index in [1.54, 1.807) is 0 Å². The van der Waals surface area contributed by atoms with Crippen molar-refractivity contribution in [2.75, 3.05) is 30.4 Å². The van der Waals surface area contributed by atoms with Crippen LogP contribution in [0.2, 0.25) is 5.02 Å². The minimum atomic E-state index is -4.56. The number of halogens is 5. The van der Waals surface area contributed by atoms with Gasteiger partial charge in [0.05, 0.1) is 35.4 Å². The summed E-state index contributed by atoms with van der Waals surface area (Å²) in [6, 6.07) is 10.4. The van der Waals surface area contributed by atoms with Gasteiger partial charge < -0.3 is 14.8 Å². The number of hydrogen-bond donors (Lipinski definition) is 1. The van der Waals surface area contributed by atoms with Crippen LogP contribution in [0.1, 0.15) is 5.56 Å². The predicted molar refractivity (Wildman–Crippen MR) is 126 cm³/mol. The Morgan fingerprint density at radius 2 is 1.61 bits per heavy atom. The molecular weight excluding hydrogens is 528 g/mol. The Balaban J connectivity index is 1.97. The molecule has 0 fully saturated rings. The zero-order chi connectivity index (χ0) is 26.7. The van der Waals surface area contributed by atoms with Crippen LogP contribution in [-0.4, -0.2) is 35.1 Å². The van der Waals surface area contributed by atoms with Crippen molar-refractivity contribution in [3.05, 3.63) is 77.1 Å². The van der Waals surface area contributed by atoms with E-state index in [1.165, 1.54) is 32.4 Å². The highest BCUT2D eigenvalue weighted by Gasteiger charge is 2.31. The zero-order valence-electron chi connectivity index (χ0n) is 18.8. The van der Waals surface area contributed by atoms with Gasteiger partial charge in [-0.15, -0.1) is 0 Å². The lowest BCUT2D eigenvalue weighted by Gasteiger charge is -2.25. The Bertz CT molecular complexity index is 1370. The molecule has 3 aromatic rings. The molecule has 0 aliphatic rings. The summed E-state index contributed by atoms with van der Waals surface area (Å²) in [6.45, 7) is -0.806. The van der Waals surface area contributed by atoms with Crippen molar-refractivity contribution in [1.82, 2.24) is 0 Å². The number of nitrogens with one attached hydrogen (secondary N) is 1. The van der Waals surface area contributed by atoms with Crippen molar-refractivity contribution in [2.24, 2.45) is 0 Å². The first kappa shape index (κ1) is 27.1. The second-order valence-corrected chi connectivity index (χ2v) is 9.52. The molecule has 13 heteroatoms. The van der Waals surface area contributed by atoms with Gasteiger partial charge in [-0.3, -0.25) is 9.10 Å². The number of methoxy groups -OCH3 is 2. The number of hydrogen-bond acceptors (Lipinski definition) is 5. The lowest BCUT2D eigenvalue weighted by atomic mass is 10.2. The van der Waals surface area contributed by atoms with E-state index in [2.05, 4.69) is 5.32 Å². The summed E-state index contributed by atoms with van der Waals surface area (Å²) in [6.07, 6.45) is -4.56. The van der Waals surface area contributed by atoms with Gasteiger partial charge in [-0.1, -0.05) is 11.6 Å². The third kappa shape index (κ3) is 6.00. The number of carbonyl (C=O) groups excluding carboxylic acids is 1. The molecule has 0 aromatic heterocycles. The minimum absolute atomic E-state index is 0.00797. The van der Waals surface area contributed by atoms with Gasteiger partial charge in [0.25, 0.3) is 10.0 Å². The molecule has 1 amide bonds. The number of sulfonamides is 1. The molecule has 0 bridgehead atoms. The second kappa shape index (κ2) is 10.6. The predicted octanol–water partition coefficient (Wildman–Crippen LogP) is 5.35. The van der Waals surface area contributed by atoms with Crippen LogP contribution in [0.5, 0.6) is 11.5 Å². The Hall–Kier alpha value is -3.51. The number of nitrogens with zero attached hydrogens (tertiary/aromatic N) is 1. The lowest BCUT2D eigenvalue weighted by Crippen LogP contribution is -2.38. The maximum Gasteiger partial charge on any atom is 0.416 e. The Labute approximate surface area is 209 Å². The number of rotatable bonds is 8. The molecular formula is C23H19ClF4N2O5S. The van der Waals surface area contributed by atoms with Gasteiger partial charge in [-0.25, -0.2) is 12.8 Å². The van der Waals surface area contributed by atoms with Crippen molar-refractivity contribution in [3.8, 4) is 11.5 Å². The van der Waals surface area contributed by atoms with Crippen LogP contribution >= 0.6 is 11.6 Å². The summed E-state index contributed by atoms with van der Waals surface area (Å²) in [7, 11) is -1.77. The summed E-state index contributed by atoms with van der Waals surface area (Å²) in [5, 5.41) is 1.96. The van der Waals surface area contributed by atoms with E-state index in [9.17, 15) is 30.8 Å². The van der Waals surface area contributed by atoms with Gasteiger partial charge in [0.1, 0.15) is 12.4 Å². The van der Waals surface area contributed by atoms with Crippen molar-refractivity contribution in [2.45, 2.75) is 11.1 Å². The third-order valence-corrected chi connectivity index (χ3v) is 6.98. The Morgan fingerprint density at radius 3 is 2.17 bits per heavy atom. The van der Waals surface area contributed by atoms with Crippen molar-refractivity contribution >= 4 is 38.9 Å². The fourth-order valence-electron chi connectivity index (χ4n) is 3.13. The first-order valence-electron chi connectivity index (χ1n) is 10.0. The standard InChI is InChI=1S/C23H19ClF4N2O5S/c1-34-20-10-8-17(12-21(20)35-2)36(32,33)30(16-7-9-19(25)18(24)11-16)13-22(31)29-15-5-3-14(4-6-15)23(26,27)28/h3-12H,13H2,1-2H3,(H,29,31). The van der Waals surface area contributed by atoms with E-state index < -0.39 is 40.0 Å². The molecule has 3 rings (SSSR count). The minimum Gasteiger partial charge on any atom is -0.493 e. The first-order valence-corrected chi connectivity index (χ1v) is 11.9. The number of anilines is 2. The molecule has 0 unspecified atom stereocenters. The molecule has 0 saturated heterocycles. The number of carbonyl (C=O) groups is 1. The largest absolute Gasteiger partial charge is 0.493 e. The van der Waals surface area contributed by atoms with E-state index in [4.69, 9.17) is 21.1 Å². The Kier molecular flexibility index (Phi) is 7.99. The molecule has 7 nitrogen and oxygen atoms in total. The van der Waals surface area contributed by atoms with Crippen LogP contribution in [0.25, 0.3) is 0 Å². The summed E-state index contributed by atoms with van der Waals surface area (Å²) in [5.74, 6) is -1.32. The van der Waals surface area contributed by atoms with Crippen molar-refractivity contribution < 1.29 is 40.2 Å². The summed E-state index contributed by atoms with van der Waals surface area (Å²) >= 11 is 5.83. The van der Waals surface area contributed by atoms with Crippen LogP contribution in [0.4, 0.5) is 28.9 Å². The van der Waals surface area contributed by atoms with E-state index >= 15 is 0 Å². The van der Waals surface area contributed by atoms with Crippen molar-refractivity contribution in [1.29, 1.82) is 0 Å². The fourth-order valence-corrected chi connectivity index (χ4v) is 4.74. The number of amides is 1. The third-order valence-electron chi connectivity index (χ3n) is 4.92. The number of ether oxygens (including phenoxy) is 2. The van der Waals surface area contributed by atoms with Crippen molar-refractivity contribution in [3.63, 3.8) is 0 Å². The van der Waals surface area contributed by atoms with Gasteiger partial charge >= 0.3 is 6.18 Å². The van der Waals surface area contributed by atoms with Crippen LogP contribution in [0.3, 0.4) is 0 Å². The number of benzene rings is 3. The van der Waals surface area contributed by atoms with Gasteiger partial charge in [0, 0.05) is 11.8 Å². The van der Waals surface area contributed by atoms with Crippen LogP contribution in [0.15, 0.2) is 65.6 Å². The molecule has 1 N–H and O–H groups in total. The van der Waals surface area contributed by atoms with E-state index in [-0.39, 0.29) is 32.8 Å². The molecule has 0 atom stereocenters. The summed E-state index contributed by atoms with van der Waals surface area (Å²) in [5.41, 5.74) is -1.04. The topological polar surface area (TPSA) is 84.9 Å². The van der Waals surface area contributed by atoms with Gasteiger partial charge in [-0.05, 0) is 54.6 Å². The lowest BCUT2D eigenvalue weighted by molar-refractivity contribution is -0.137. The zero-order valence-corrected chi connectivity index (χ0v) is 20.3. The molecule has 0 aliphatic carbocycles. The highest BCUT2D eigenvalue weighted by Crippen LogP contribution is 2.33. The molecule has 192 valence electrons. The maximum atomic E-state index is 13.7. The van der Waals surface area contributed by atoms with Gasteiger partial charge in [0.15, 0.2) is 11.5 Å². The molecule has 0 heterocycles. The van der Waals surface area contributed by atoms with Gasteiger partial charge in [0.2, 0.25) is 5.91 Å². The quantitative estimate of drug-likeness (QED) is 0.385. The maximum absolute atomic E-state index is 13.7. The molecule has 3 aromatic carbocycles. The van der Waals surface area contributed by atoms with Crippen LogP contribution in [-0.2, 0) is 21.0 Å². The van der Waals surface area contributed by atoms with Crippen LogP contribution in [0, 0.1) is 5.82 Å². The monoisotopic (exact) mass is 546 g/mol. The summed E-state index contributed by atoms with van der Waals surface area (Å²) in [4.78, 5) is 12.5. The Morgan fingerprint density at radius 1 is 0.972 bits per heavy atom. The average Bonchev–Trinajstić information content (AvgIpc) is 2.83. The molecule has 36 heavy (non-hydrogen) atoms. The smallest absolute Gasteiger partial charge is 0.416 e. The summed E-state index contributed by atoms with van der Waals surface area (Å²) < 4.78 is 90.1. The normalized spacial score (nSPS) is 11.6. The van der Waals surface area contributed by atoms with E-state index in [0.29, 0.717) is 4.31 Å².